The highest BCUT2D eigenvalue weighted by Crippen LogP contribution is 2.29. The van der Waals surface area contributed by atoms with Crippen molar-refractivity contribution in [2.45, 2.75) is 24.3 Å². The molecule has 0 saturated heterocycles. The second-order valence-electron chi connectivity index (χ2n) is 4.03. The van der Waals surface area contributed by atoms with Crippen LogP contribution in [0.1, 0.15) is 13.8 Å². The summed E-state index contributed by atoms with van der Waals surface area (Å²) in [6.07, 6.45) is 0. The van der Waals surface area contributed by atoms with Gasteiger partial charge in [-0.3, -0.25) is 4.79 Å². The van der Waals surface area contributed by atoms with Gasteiger partial charge < -0.3 is 10.4 Å². The van der Waals surface area contributed by atoms with E-state index in [-0.39, 0.29) is 0 Å². The molecule has 0 radical (unpaired) electrons. The number of nitrogens with one attached hydrogen (secondary N) is 1. The first-order chi connectivity index (χ1) is 8.39. The third-order valence-corrected chi connectivity index (χ3v) is 4.51. The molecular formula is C12H15Cl2NO2S. The molecule has 0 amide bonds. The Bertz CT molecular complexity index is 442. The molecule has 1 unspecified atom stereocenters. The van der Waals surface area contributed by atoms with Gasteiger partial charge in [-0.05, 0) is 31.7 Å². The fourth-order valence-corrected chi connectivity index (χ4v) is 2.78. The van der Waals surface area contributed by atoms with E-state index in [9.17, 15) is 9.90 Å². The largest absolute Gasteiger partial charge is 0.480 e. The van der Waals surface area contributed by atoms with E-state index >= 15 is 0 Å². The van der Waals surface area contributed by atoms with Gasteiger partial charge in [0.2, 0.25) is 0 Å². The Morgan fingerprint density at radius 3 is 2.61 bits per heavy atom. The summed E-state index contributed by atoms with van der Waals surface area (Å²) in [5.74, 6) is -0.453. The predicted molar refractivity (Wildman–Crippen MR) is 76.9 cm³/mol. The average molecular weight is 308 g/mol. The van der Waals surface area contributed by atoms with Crippen molar-refractivity contribution in [2.24, 2.45) is 0 Å². The van der Waals surface area contributed by atoms with Crippen LogP contribution in [-0.2, 0) is 4.79 Å². The van der Waals surface area contributed by atoms with Crippen LogP contribution in [0.3, 0.4) is 0 Å². The van der Waals surface area contributed by atoms with Gasteiger partial charge in [0.25, 0.3) is 0 Å². The number of halogens is 2. The Hall–Kier alpha value is -0.420. The van der Waals surface area contributed by atoms with Crippen LogP contribution in [0, 0.1) is 0 Å². The Labute approximate surface area is 121 Å². The van der Waals surface area contributed by atoms with Crippen molar-refractivity contribution in [3.63, 3.8) is 0 Å². The van der Waals surface area contributed by atoms with Crippen LogP contribution in [0.25, 0.3) is 0 Å². The lowest BCUT2D eigenvalue weighted by Gasteiger charge is -2.25. The zero-order chi connectivity index (χ0) is 13.8. The summed E-state index contributed by atoms with van der Waals surface area (Å²) in [4.78, 5) is 12.1. The van der Waals surface area contributed by atoms with Crippen LogP contribution in [0.5, 0.6) is 0 Å². The van der Waals surface area contributed by atoms with Gasteiger partial charge in [0, 0.05) is 10.6 Å². The van der Waals surface area contributed by atoms with E-state index in [0.29, 0.717) is 22.3 Å². The third kappa shape index (κ3) is 4.05. The number of hydrogen-bond donors (Lipinski definition) is 2. The minimum Gasteiger partial charge on any atom is -0.480 e. The molecule has 0 aliphatic rings. The quantitative estimate of drug-likeness (QED) is 0.789. The number of hydrogen-bond acceptors (Lipinski definition) is 3. The minimum absolute atomic E-state index is 0.411. The standard InChI is InChI=1S/C12H15Cl2NO2S/c1-3-15-12(2,11(16)17)7-18-8-4-5-9(13)10(14)6-8/h4-6,15H,3,7H2,1-2H3,(H,16,17). The number of rotatable bonds is 6. The number of thioether (sulfide) groups is 1. The molecular weight excluding hydrogens is 293 g/mol. The molecule has 1 rings (SSSR count). The molecule has 0 bridgehead atoms. The van der Waals surface area contributed by atoms with Gasteiger partial charge in [0.1, 0.15) is 5.54 Å². The van der Waals surface area contributed by atoms with E-state index < -0.39 is 11.5 Å². The molecule has 1 atom stereocenters. The molecule has 100 valence electrons. The van der Waals surface area contributed by atoms with Gasteiger partial charge in [0.15, 0.2) is 0 Å². The van der Waals surface area contributed by atoms with Crippen molar-refractivity contribution >= 4 is 40.9 Å². The van der Waals surface area contributed by atoms with Gasteiger partial charge in [-0.25, -0.2) is 0 Å². The Kier molecular flexibility index (Phi) is 5.79. The minimum atomic E-state index is -0.953. The van der Waals surface area contributed by atoms with Crippen molar-refractivity contribution in [1.82, 2.24) is 5.32 Å². The molecule has 0 aromatic heterocycles. The Balaban J connectivity index is 2.73. The second-order valence-corrected chi connectivity index (χ2v) is 5.90. The molecule has 2 N–H and O–H groups in total. The molecule has 0 spiro atoms. The number of aliphatic carboxylic acids is 1. The van der Waals surface area contributed by atoms with Crippen LogP contribution in [-0.4, -0.2) is 28.9 Å². The van der Waals surface area contributed by atoms with Crippen molar-refractivity contribution in [1.29, 1.82) is 0 Å². The molecule has 1 aromatic rings. The SMILES string of the molecule is CCNC(C)(CSc1ccc(Cl)c(Cl)c1)C(=O)O. The summed E-state index contributed by atoms with van der Waals surface area (Å²) >= 11 is 13.2. The van der Waals surface area contributed by atoms with Crippen LogP contribution >= 0.6 is 35.0 Å². The molecule has 0 saturated carbocycles. The normalized spacial score (nSPS) is 14.2. The summed E-state index contributed by atoms with van der Waals surface area (Å²) in [6.45, 7) is 4.15. The lowest BCUT2D eigenvalue weighted by atomic mass is 10.1. The fraction of sp³-hybridized carbons (Fsp3) is 0.417. The number of carboxylic acids is 1. The lowest BCUT2D eigenvalue weighted by Crippen LogP contribution is -2.51. The first-order valence-corrected chi connectivity index (χ1v) is 7.19. The van der Waals surface area contributed by atoms with Gasteiger partial charge in [-0.15, -0.1) is 11.8 Å². The molecule has 0 fully saturated rings. The first-order valence-electron chi connectivity index (χ1n) is 5.45. The average Bonchev–Trinajstić information content (AvgIpc) is 2.31. The topological polar surface area (TPSA) is 49.3 Å². The van der Waals surface area contributed by atoms with E-state index in [1.54, 1.807) is 19.1 Å². The molecule has 18 heavy (non-hydrogen) atoms. The van der Waals surface area contributed by atoms with E-state index in [4.69, 9.17) is 23.2 Å². The Morgan fingerprint density at radius 2 is 2.11 bits per heavy atom. The summed E-state index contributed by atoms with van der Waals surface area (Å²) in [5.41, 5.74) is -0.953. The molecule has 0 aliphatic heterocycles. The lowest BCUT2D eigenvalue weighted by molar-refractivity contribution is -0.143. The molecule has 3 nitrogen and oxygen atoms in total. The van der Waals surface area contributed by atoms with Gasteiger partial charge in [0.05, 0.1) is 10.0 Å². The molecule has 1 aromatic carbocycles. The number of carbonyl (C=O) groups is 1. The van der Waals surface area contributed by atoms with Gasteiger partial charge in [-0.1, -0.05) is 30.1 Å². The predicted octanol–water partition coefficient (Wildman–Crippen LogP) is 3.54. The zero-order valence-corrected chi connectivity index (χ0v) is 12.5. The summed E-state index contributed by atoms with van der Waals surface area (Å²) in [6, 6.07) is 5.27. The van der Waals surface area contributed by atoms with E-state index in [1.165, 1.54) is 11.8 Å². The maximum atomic E-state index is 11.2. The summed E-state index contributed by atoms with van der Waals surface area (Å²) in [7, 11) is 0. The highest BCUT2D eigenvalue weighted by Gasteiger charge is 2.31. The maximum absolute atomic E-state index is 11.2. The second kappa shape index (κ2) is 6.66. The van der Waals surface area contributed by atoms with Crippen molar-refractivity contribution in [2.75, 3.05) is 12.3 Å². The number of likely N-dealkylation sites (N-methyl/N-ethyl adjacent to an activating group) is 1. The summed E-state index contributed by atoms with van der Waals surface area (Å²) in [5, 5.41) is 13.2. The number of carboxylic acid groups (broad SMARTS) is 1. The molecule has 0 aliphatic carbocycles. The fourth-order valence-electron chi connectivity index (χ4n) is 1.37. The van der Waals surface area contributed by atoms with Crippen LogP contribution in [0.4, 0.5) is 0 Å². The van der Waals surface area contributed by atoms with Gasteiger partial charge >= 0.3 is 5.97 Å². The van der Waals surface area contributed by atoms with Crippen molar-refractivity contribution < 1.29 is 9.90 Å². The highest BCUT2D eigenvalue weighted by atomic mass is 35.5. The Morgan fingerprint density at radius 1 is 1.44 bits per heavy atom. The van der Waals surface area contributed by atoms with Gasteiger partial charge in [-0.2, -0.15) is 0 Å². The highest BCUT2D eigenvalue weighted by molar-refractivity contribution is 7.99. The zero-order valence-electron chi connectivity index (χ0n) is 10.2. The maximum Gasteiger partial charge on any atom is 0.324 e. The molecule has 0 heterocycles. The van der Waals surface area contributed by atoms with E-state index in [1.807, 2.05) is 13.0 Å². The van der Waals surface area contributed by atoms with Crippen LogP contribution in [0.2, 0.25) is 10.0 Å². The number of benzene rings is 1. The van der Waals surface area contributed by atoms with Crippen molar-refractivity contribution in [3.05, 3.63) is 28.2 Å². The molecule has 6 heteroatoms. The summed E-state index contributed by atoms with van der Waals surface area (Å²) < 4.78 is 0. The van der Waals surface area contributed by atoms with E-state index in [0.717, 1.165) is 4.90 Å². The first kappa shape index (κ1) is 15.6. The third-order valence-electron chi connectivity index (χ3n) is 2.46. The smallest absolute Gasteiger partial charge is 0.324 e. The van der Waals surface area contributed by atoms with E-state index in [2.05, 4.69) is 5.32 Å². The van der Waals surface area contributed by atoms with Crippen LogP contribution < -0.4 is 5.32 Å². The van der Waals surface area contributed by atoms with Crippen molar-refractivity contribution in [3.8, 4) is 0 Å². The van der Waals surface area contributed by atoms with Crippen LogP contribution in [0.15, 0.2) is 23.1 Å². The monoisotopic (exact) mass is 307 g/mol.